The monoisotopic (exact) mass is 416 g/mol. The zero-order valence-electron chi connectivity index (χ0n) is 18.8. The Labute approximate surface area is 182 Å². The first-order valence-corrected chi connectivity index (χ1v) is 11.3. The van der Waals surface area contributed by atoms with Crippen molar-refractivity contribution < 1.29 is 13.5 Å². The summed E-state index contributed by atoms with van der Waals surface area (Å²) in [7, 11) is 0. The predicted octanol–water partition coefficient (Wildman–Crippen LogP) is 8.54. The van der Waals surface area contributed by atoms with Gasteiger partial charge in [0.2, 0.25) is 5.83 Å². The van der Waals surface area contributed by atoms with Crippen molar-refractivity contribution in [3.05, 3.63) is 72.6 Å². The molecule has 2 fully saturated rings. The lowest BCUT2D eigenvalue weighted by molar-refractivity contribution is 0.100. The zero-order chi connectivity index (χ0) is 22.3. The quantitative estimate of drug-likeness (QED) is 0.270. The van der Waals surface area contributed by atoms with Gasteiger partial charge in [-0.2, -0.15) is 4.39 Å². The SMILES string of the molecule is C=C(C)/C=C\C(=C)C(=C)/C(F)=C(/F)C(=C)OCC1CCC(C2CCC(C)CC2)CC1. The highest BCUT2D eigenvalue weighted by Gasteiger charge is 2.30. The van der Waals surface area contributed by atoms with Crippen LogP contribution in [-0.4, -0.2) is 6.61 Å². The van der Waals surface area contributed by atoms with E-state index in [4.69, 9.17) is 4.74 Å². The van der Waals surface area contributed by atoms with Crippen molar-refractivity contribution in [2.45, 2.75) is 65.2 Å². The minimum Gasteiger partial charge on any atom is -0.491 e. The van der Waals surface area contributed by atoms with E-state index in [-0.39, 0.29) is 16.9 Å². The van der Waals surface area contributed by atoms with Crippen LogP contribution >= 0.6 is 0 Å². The van der Waals surface area contributed by atoms with Gasteiger partial charge in [-0.25, -0.2) is 4.39 Å². The van der Waals surface area contributed by atoms with E-state index in [1.807, 2.05) is 0 Å². The van der Waals surface area contributed by atoms with Crippen molar-refractivity contribution in [1.29, 1.82) is 0 Å². The molecule has 0 aliphatic heterocycles. The number of ether oxygens (including phenoxy) is 1. The summed E-state index contributed by atoms with van der Waals surface area (Å²) >= 11 is 0. The summed E-state index contributed by atoms with van der Waals surface area (Å²) in [4.78, 5) is 0. The van der Waals surface area contributed by atoms with Gasteiger partial charge in [-0.3, -0.25) is 0 Å². The van der Waals surface area contributed by atoms with Crippen LogP contribution in [0.15, 0.2) is 72.6 Å². The molecule has 0 heterocycles. The molecular weight excluding hydrogens is 378 g/mol. The molecule has 166 valence electrons. The van der Waals surface area contributed by atoms with Gasteiger partial charge in [0, 0.05) is 5.57 Å². The highest BCUT2D eigenvalue weighted by Crippen LogP contribution is 2.41. The van der Waals surface area contributed by atoms with Crippen LogP contribution in [0.25, 0.3) is 0 Å². The summed E-state index contributed by atoms with van der Waals surface area (Å²) in [5.41, 5.74) is 0.959. The Bertz CT molecular complexity index is 711. The standard InChI is InChI=1S/C27H38F2O/c1-18(2)7-10-20(4)21(5)26(28)27(29)22(6)30-17-23-11-15-25(16-12-23)24-13-8-19(3)9-14-24/h7,10,19,23-25H,1,4-6,8-9,11-17H2,2-3H3/b10-7-,27-26-. The number of hydrogen-bond acceptors (Lipinski definition) is 1. The summed E-state index contributed by atoms with van der Waals surface area (Å²) in [6.45, 7) is 19.2. The maximum absolute atomic E-state index is 14.4. The highest BCUT2D eigenvalue weighted by atomic mass is 19.2. The van der Waals surface area contributed by atoms with Crippen molar-refractivity contribution >= 4 is 0 Å². The third-order valence-corrected chi connectivity index (χ3v) is 6.77. The third-order valence-electron chi connectivity index (χ3n) is 6.77. The smallest absolute Gasteiger partial charge is 0.200 e. The van der Waals surface area contributed by atoms with Crippen LogP contribution in [0, 0.1) is 23.7 Å². The van der Waals surface area contributed by atoms with Crippen molar-refractivity contribution in [2.24, 2.45) is 23.7 Å². The molecule has 0 amide bonds. The van der Waals surface area contributed by atoms with Gasteiger partial charge in [0.1, 0.15) is 0 Å². The van der Waals surface area contributed by atoms with Crippen LogP contribution in [0.4, 0.5) is 8.78 Å². The Morgan fingerprint density at radius 3 is 1.90 bits per heavy atom. The predicted molar refractivity (Wildman–Crippen MR) is 123 cm³/mol. The van der Waals surface area contributed by atoms with Gasteiger partial charge in [-0.05, 0) is 74.7 Å². The molecule has 0 atom stereocenters. The molecule has 0 aromatic carbocycles. The van der Waals surface area contributed by atoms with Crippen LogP contribution in [-0.2, 0) is 4.74 Å². The van der Waals surface area contributed by atoms with Crippen molar-refractivity contribution in [3.8, 4) is 0 Å². The maximum atomic E-state index is 14.4. The fraction of sp³-hybridized carbons (Fsp3) is 0.556. The number of allylic oxidation sites excluding steroid dienone is 7. The average molecular weight is 417 g/mol. The second kappa shape index (κ2) is 11.5. The summed E-state index contributed by atoms with van der Waals surface area (Å²) in [6, 6.07) is 0. The van der Waals surface area contributed by atoms with Crippen LogP contribution in [0.3, 0.4) is 0 Å². The van der Waals surface area contributed by atoms with Gasteiger partial charge in [-0.1, -0.05) is 63.8 Å². The molecule has 2 saturated carbocycles. The molecule has 0 aromatic rings. The van der Waals surface area contributed by atoms with E-state index in [9.17, 15) is 8.78 Å². The summed E-state index contributed by atoms with van der Waals surface area (Å²) < 4.78 is 34.4. The molecule has 1 nitrogen and oxygen atoms in total. The van der Waals surface area contributed by atoms with Gasteiger partial charge in [0.05, 0.1) is 6.61 Å². The highest BCUT2D eigenvalue weighted by molar-refractivity contribution is 5.49. The minimum absolute atomic E-state index is 0.114. The molecular formula is C27H38F2O. The molecule has 30 heavy (non-hydrogen) atoms. The van der Waals surface area contributed by atoms with E-state index in [1.165, 1.54) is 38.5 Å². The lowest BCUT2D eigenvalue weighted by Crippen LogP contribution is -2.26. The molecule has 2 aliphatic carbocycles. The van der Waals surface area contributed by atoms with E-state index >= 15 is 0 Å². The average Bonchev–Trinajstić information content (AvgIpc) is 2.75. The fourth-order valence-corrected chi connectivity index (χ4v) is 4.60. The van der Waals surface area contributed by atoms with Gasteiger partial charge >= 0.3 is 0 Å². The number of hydrogen-bond donors (Lipinski definition) is 0. The van der Waals surface area contributed by atoms with Crippen LogP contribution < -0.4 is 0 Å². The number of halogens is 2. The first-order valence-electron chi connectivity index (χ1n) is 11.3. The van der Waals surface area contributed by atoms with Gasteiger partial charge in [-0.15, -0.1) is 0 Å². The third kappa shape index (κ3) is 7.11. The van der Waals surface area contributed by atoms with Crippen molar-refractivity contribution in [3.63, 3.8) is 0 Å². The molecule has 2 rings (SSSR count). The second-order valence-corrected chi connectivity index (χ2v) is 9.35. The van der Waals surface area contributed by atoms with Gasteiger partial charge < -0.3 is 4.74 Å². The minimum atomic E-state index is -1.10. The lowest BCUT2D eigenvalue weighted by Gasteiger charge is -2.37. The molecule has 3 heteroatoms. The molecule has 0 N–H and O–H groups in total. The van der Waals surface area contributed by atoms with E-state index in [2.05, 4.69) is 33.2 Å². The normalized spacial score (nSPS) is 28.0. The van der Waals surface area contributed by atoms with E-state index in [1.54, 1.807) is 19.1 Å². The van der Waals surface area contributed by atoms with Gasteiger partial charge in [0.15, 0.2) is 11.6 Å². The topological polar surface area (TPSA) is 9.23 Å². The van der Waals surface area contributed by atoms with Gasteiger partial charge in [0.25, 0.3) is 0 Å². The Hall–Kier alpha value is -1.90. The largest absolute Gasteiger partial charge is 0.491 e. The van der Waals surface area contributed by atoms with Crippen LogP contribution in [0.2, 0.25) is 0 Å². The molecule has 0 radical (unpaired) electrons. The first-order chi connectivity index (χ1) is 14.2. The van der Waals surface area contributed by atoms with Crippen LogP contribution in [0.1, 0.15) is 65.2 Å². The maximum Gasteiger partial charge on any atom is 0.200 e. The van der Waals surface area contributed by atoms with E-state index in [0.717, 1.165) is 36.2 Å². The summed E-state index contributed by atoms with van der Waals surface area (Å²) in [5, 5.41) is 0. The summed E-state index contributed by atoms with van der Waals surface area (Å²) in [6.07, 6.45) is 13.3. The van der Waals surface area contributed by atoms with Crippen molar-refractivity contribution in [2.75, 3.05) is 6.61 Å². The van der Waals surface area contributed by atoms with E-state index in [0.29, 0.717) is 12.5 Å². The van der Waals surface area contributed by atoms with Crippen LogP contribution in [0.5, 0.6) is 0 Å². The Morgan fingerprint density at radius 2 is 1.37 bits per heavy atom. The fourth-order valence-electron chi connectivity index (χ4n) is 4.60. The molecule has 2 aliphatic rings. The number of rotatable bonds is 9. The molecule has 0 spiro atoms. The first kappa shape index (κ1) is 24.4. The Balaban J connectivity index is 1.79. The molecule has 0 unspecified atom stereocenters. The Kier molecular flexibility index (Phi) is 9.33. The zero-order valence-corrected chi connectivity index (χ0v) is 18.8. The lowest BCUT2D eigenvalue weighted by atomic mass is 9.69. The summed E-state index contributed by atoms with van der Waals surface area (Å²) in [5.74, 6) is 0.525. The van der Waals surface area contributed by atoms with E-state index < -0.39 is 11.7 Å². The molecule has 0 saturated heterocycles. The molecule has 0 bridgehead atoms. The molecule has 0 aromatic heterocycles. The van der Waals surface area contributed by atoms with Crippen molar-refractivity contribution in [1.82, 2.24) is 0 Å². The Morgan fingerprint density at radius 1 is 0.833 bits per heavy atom. The second-order valence-electron chi connectivity index (χ2n) is 9.35.